The second kappa shape index (κ2) is 6.10. The number of benzene rings is 1. The first kappa shape index (κ1) is 15.3. The Hall–Kier alpha value is -1.13. The van der Waals surface area contributed by atoms with E-state index in [2.05, 4.69) is 21.2 Å². The van der Waals surface area contributed by atoms with Crippen molar-refractivity contribution in [3.63, 3.8) is 0 Å². The lowest BCUT2D eigenvalue weighted by Gasteiger charge is -2.17. The van der Waals surface area contributed by atoms with Crippen LogP contribution < -0.4 is 5.32 Å². The van der Waals surface area contributed by atoms with Crippen LogP contribution in [0.3, 0.4) is 0 Å². The molecule has 0 aliphatic rings. The number of furan rings is 1. The van der Waals surface area contributed by atoms with Gasteiger partial charge in [-0.15, -0.1) is 0 Å². The summed E-state index contributed by atoms with van der Waals surface area (Å²) < 4.78 is 20.5. The zero-order valence-electron chi connectivity index (χ0n) is 12.2. The minimum absolute atomic E-state index is 0.0382. The van der Waals surface area contributed by atoms with E-state index in [9.17, 15) is 4.39 Å². The summed E-state index contributed by atoms with van der Waals surface area (Å²) in [5.74, 6) is 1.64. The standard InChI is InChI=1S/C16H19BrFNO/c1-9-10(2)20-11(3)16(9)15(19-4)8-12-7-13(17)5-6-14(12)18/h5-7,15,19H,8H2,1-4H3. The fourth-order valence-electron chi connectivity index (χ4n) is 2.59. The van der Waals surface area contributed by atoms with E-state index in [-0.39, 0.29) is 11.9 Å². The van der Waals surface area contributed by atoms with Crippen LogP contribution in [0.5, 0.6) is 0 Å². The van der Waals surface area contributed by atoms with Gasteiger partial charge < -0.3 is 9.73 Å². The van der Waals surface area contributed by atoms with Crippen LogP contribution in [0.4, 0.5) is 4.39 Å². The molecule has 20 heavy (non-hydrogen) atoms. The average molecular weight is 340 g/mol. The quantitative estimate of drug-likeness (QED) is 0.879. The SMILES string of the molecule is CNC(Cc1cc(Br)ccc1F)c1c(C)oc(C)c1C. The first-order valence-corrected chi connectivity index (χ1v) is 7.41. The molecule has 1 unspecified atom stereocenters. The van der Waals surface area contributed by atoms with Gasteiger partial charge in [-0.05, 0) is 63.6 Å². The van der Waals surface area contributed by atoms with Crippen molar-refractivity contribution in [1.82, 2.24) is 5.32 Å². The Morgan fingerprint density at radius 2 is 1.95 bits per heavy atom. The van der Waals surface area contributed by atoms with Gasteiger partial charge in [0.15, 0.2) is 0 Å². The van der Waals surface area contributed by atoms with Gasteiger partial charge in [0, 0.05) is 16.1 Å². The predicted octanol–water partition coefficient (Wildman–Crippen LogP) is 4.61. The summed E-state index contributed by atoms with van der Waals surface area (Å²) in [4.78, 5) is 0. The Morgan fingerprint density at radius 1 is 1.25 bits per heavy atom. The van der Waals surface area contributed by atoms with E-state index in [0.717, 1.165) is 27.1 Å². The van der Waals surface area contributed by atoms with Crippen LogP contribution in [0.2, 0.25) is 0 Å². The summed E-state index contributed by atoms with van der Waals surface area (Å²) in [6, 6.07) is 5.08. The summed E-state index contributed by atoms with van der Waals surface area (Å²) >= 11 is 3.39. The maximum absolute atomic E-state index is 13.9. The van der Waals surface area contributed by atoms with Gasteiger partial charge in [-0.2, -0.15) is 0 Å². The Balaban J connectivity index is 2.36. The first-order chi connectivity index (χ1) is 9.43. The zero-order valence-corrected chi connectivity index (χ0v) is 13.8. The highest BCUT2D eigenvalue weighted by Crippen LogP contribution is 2.30. The molecule has 1 atom stereocenters. The Kier molecular flexibility index (Phi) is 4.66. The van der Waals surface area contributed by atoms with E-state index in [1.165, 1.54) is 6.07 Å². The molecule has 1 N–H and O–H groups in total. The van der Waals surface area contributed by atoms with E-state index in [1.807, 2.05) is 33.9 Å². The van der Waals surface area contributed by atoms with Crippen molar-refractivity contribution in [2.75, 3.05) is 7.05 Å². The summed E-state index contributed by atoms with van der Waals surface area (Å²) in [6.45, 7) is 5.96. The topological polar surface area (TPSA) is 25.2 Å². The number of hydrogen-bond acceptors (Lipinski definition) is 2. The average Bonchev–Trinajstić information content (AvgIpc) is 2.65. The van der Waals surface area contributed by atoms with Crippen molar-refractivity contribution >= 4 is 15.9 Å². The molecular weight excluding hydrogens is 321 g/mol. The second-order valence-electron chi connectivity index (χ2n) is 5.03. The van der Waals surface area contributed by atoms with Crippen molar-refractivity contribution in [3.8, 4) is 0 Å². The maximum Gasteiger partial charge on any atom is 0.126 e. The third-order valence-electron chi connectivity index (χ3n) is 3.75. The lowest BCUT2D eigenvalue weighted by molar-refractivity contribution is 0.487. The highest BCUT2D eigenvalue weighted by molar-refractivity contribution is 9.10. The molecule has 2 nitrogen and oxygen atoms in total. The molecule has 1 aromatic heterocycles. The highest BCUT2D eigenvalue weighted by Gasteiger charge is 2.21. The molecule has 1 heterocycles. The van der Waals surface area contributed by atoms with Crippen molar-refractivity contribution in [1.29, 1.82) is 0 Å². The van der Waals surface area contributed by atoms with Crippen LogP contribution >= 0.6 is 15.9 Å². The van der Waals surface area contributed by atoms with Gasteiger partial charge in [0.2, 0.25) is 0 Å². The molecule has 0 spiro atoms. The smallest absolute Gasteiger partial charge is 0.126 e. The van der Waals surface area contributed by atoms with Crippen LogP contribution in [-0.4, -0.2) is 7.05 Å². The normalized spacial score (nSPS) is 12.7. The van der Waals surface area contributed by atoms with Crippen molar-refractivity contribution < 1.29 is 8.81 Å². The van der Waals surface area contributed by atoms with E-state index >= 15 is 0 Å². The summed E-state index contributed by atoms with van der Waals surface area (Å²) in [6.07, 6.45) is 0.586. The third-order valence-corrected chi connectivity index (χ3v) is 4.24. The summed E-state index contributed by atoms with van der Waals surface area (Å²) in [5.41, 5.74) is 2.96. The van der Waals surface area contributed by atoms with Crippen LogP contribution in [0, 0.1) is 26.6 Å². The number of hydrogen-bond donors (Lipinski definition) is 1. The Morgan fingerprint density at radius 3 is 2.50 bits per heavy atom. The highest BCUT2D eigenvalue weighted by atomic mass is 79.9. The molecule has 0 saturated heterocycles. The lowest BCUT2D eigenvalue weighted by Crippen LogP contribution is -2.20. The van der Waals surface area contributed by atoms with Crippen molar-refractivity contribution in [2.24, 2.45) is 0 Å². The number of nitrogens with one attached hydrogen (secondary N) is 1. The Bertz CT molecular complexity index is 621. The van der Waals surface area contributed by atoms with Gasteiger partial charge in [-0.1, -0.05) is 15.9 Å². The molecule has 1 aromatic carbocycles. The molecule has 0 aliphatic carbocycles. The maximum atomic E-state index is 13.9. The molecule has 4 heteroatoms. The molecule has 0 radical (unpaired) electrons. The largest absolute Gasteiger partial charge is 0.466 e. The van der Waals surface area contributed by atoms with E-state index in [0.29, 0.717) is 12.0 Å². The predicted molar refractivity (Wildman–Crippen MR) is 82.5 cm³/mol. The molecule has 0 fully saturated rings. The summed E-state index contributed by atoms with van der Waals surface area (Å²) in [7, 11) is 1.89. The molecule has 0 bridgehead atoms. The Labute approximate surface area is 127 Å². The van der Waals surface area contributed by atoms with Gasteiger partial charge in [-0.25, -0.2) is 4.39 Å². The van der Waals surface area contributed by atoms with Crippen molar-refractivity contribution in [2.45, 2.75) is 33.2 Å². The fourth-order valence-corrected chi connectivity index (χ4v) is 3.00. The van der Waals surface area contributed by atoms with E-state index < -0.39 is 0 Å². The van der Waals surface area contributed by atoms with Crippen LogP contribution in [0.15, 0.2) is 27.1 Å². The molecule has 0 saturated carbocycles. The van der Waals surface area contributed by atoms with Crippen LogP contribution in [0.25, 0.3) is 0 Å². The molecule has 2 rings (SSSR count). The van der Waals surface area contributed by atoms with Crippen LogP contribution in [-0.2, 0) is 6.42 Å². The van der Waals surface area contributed by atoms with Gasteiger partial charge in [0.25, 0.3) is 0 Å². The number of rotatable bonds is 4. The molecular formula is C16H19BrFNO. The molecule has 108 valence electrons. The second-order valence-corrected chi connectivity index (χ2v) is 5.95. The minimum atomic E-state index is -0.177. The van der Waals surface area contributed by atoms with Gasteiger partial charge in [0.1, 0.15) is 17.3 Å². The minimum Gasteiger partial charge on any atom is -0.466 e. The number of aryl methyl sites for hydroxylation is 2. The third kappa shape index (κ3) is 2.96. The van der Waals surface area contributed by atoms with Crippen LogP contribution in [0.1, 0.15) is 34.3 Å². The zero-order chi connectivity index (χ0) is 14.9. The fraction of sp³-hybridized carbons (Fsp3) is 0.375. The first-order valence-electron chi connectivity index (χ1n) is 6.61. The van der Waals surface area contributed by atoms with Gasteiger partial charge >= 0.3 is 0 Å². The van der Waals surface area contributed by atoms with Gasteiger partial charge in [0.05, 0.1) is 0 Å². The summed E-state index contributed by atoms with van der Waals surface area (Å²) in [5, 5.41) is 3.27. The van der Waals surface area contributed by atoms with E-state index in [4.69, 9.17) is 4.42 Å². The number of likely N-dealkylation sites (N-methyl/N-ethyl adjacent to an activating group) is 1. The van der Waals surface area contributed by atoms with Crippen molar-refractivity contribution in [3.05, 3.63) is 56.7 Å². The molecule has 2 aromatic rings. The molecule has 0 aliphatic heterocycles. The molecule has 0 amide bonds. The van der Waals surface area contributed by atoms with E-state index in [1.54, 1.807) is 6.07 Å². The van der Waals surface area contributed by atoms with Gasteiger partial charge in [-0.3, -0.25) is 0 Å². The lowest BCUT2D eigenvalue weighted by atomic mass is 9.95. The monoisotopic (exact) mass is 339 g/mol. The number of halogens is 2.